The molecule has 2 aromatic heterocycles. The normalized spacial score (nSPS) is 12.9. The van der Waals surface area contributed by atoms with Gasteiger partial charge in [-0.05, 0) is 40.9 Å². The molecule has 0 aliphatic carbocycles. The van der Waals surface area contributed by atoms with Crippen molar-refractivity contribution >= 4 is 27.3 Å². The molecule has 2 heterocycles. The van der Waals surface area contributed by atoms with Crippen LogP contribution < -0.4 is 11.3 Å². The van der Waals surface area contributed by atoms with Crippen molar-refractivity contribution in [1.82, 2.24) is 15.0 Å². The summed E-state index contributed by atoms with van der Waals surface area (Å²) in [4.78, 5) is 5.60. The van der Waals surface area contributed by atoms with Crippen LogP contribution in [0, 0.1) is 6.92 Å². The molecule has 0 fully saturated rings. The molecule has 0 aliphatic rings. The summed E-state index contributed by atoms with van der Waals surface area (Å²) in [5, 5.41) is 0. The van der Waals surface area contributed by atoms with Gasteiger partial charge in [-0.15, -0.1) is 11.3 Å². The number of rotatable bonds is 5. The molecule has 0 radical (unpaired) electrons. The summed E-state index contributed by atoms with van der Waals surface area (Å²) in [5.41, 5.74) is 4.09. The Kier molecular flexibility index (Phi) is 4.55. The number of halogens is 1. The summed E-state index contributed by atoms with van der Waals surface area (Å²) in [6.07, 6.45) is 4.90. The zero-order valence-corrected chi connectivity index (χ0v) is 12.9. The van der Waals surface area contributed by atoms with E-state index in [4.69, 9.17) is 5.84 Å². The van der Waals surface area contributed by atoms with Crippen LogP contribution in [0.2, 0.25) is 0 Å². The molecule has 1 atom stereocenters. The maximum Gasteiger partial charge on any atom is 0.132 e. The molecule has 2 aromatic rings. The van der Waals surface area contributed by atoms with Gasteiger partial charge in [-0.1, -0.05) is 6.92 Å². The number of aromatic nitrogens is 2. The fraction of sp³-hybridized carbons (Fsp3) is 0.417. The SMILES string of the molecule is CCCn1ccnc1C(NN)c1cc(C)c(Br)s1. The van der Waals surface area contributed by atoms with Gasteiger partial charge in [0.1, 0.15) is 11.9 Å². The van der Waals surface area contributed by atoms with Gasteiger partial charge in [0, 0.05) is 23.8 Å². The van der Waals surface area contributed by atoms with E-state index in [2.05, 4.69) is 50.8 Å². The predicted molar refractivity (Wildman–Crippen MR) is 78.4 cm³/mol. The summed E-state index contributed by atoms with van der Waals surface area (Å²) >= 11 is 5.24. The molecule has 0 saturated carbocycles. The third kappa shape index (κ3) is 2.66. The van der Waals surface area contributed by atoms with Crippen LogP contribution in [-0.4, -0.2) is 9.55 Å². The van der Waals surface area contributed by atoms with Gasteiger partial charge in [-0.2, -0.15) is 0 Å². The Morgan fingerprint density at radius 1 is 1.61 bits per heavy atom. The van der Waals surface area contributed by atoms with Crippen molar-refractivity contribution in [2.24, 2.45) is 5.84 Å². The number of imidazole rings is 1. The van der Waals surface area contributed by atoms with Crippen LogP contribution in [-0.2, 0) is 6.54 Å². The van der Waals surface area contributed by atoms with Gasteiger partial charge in [-0.25, -0.2) is 10.4 Å². The minimum atomic E-state index is -0.0541. The number of hydrogen-bond acceptors (Lipinski definition) is 4. The second-order valence-corrected chi connectivity index (χ2v) is 6.59. The number of nitrogens with one attached hydrogen (secondary N) is 1. The van der Waals surface area contributed by atoms with E-state index in [1.54, 1.807) is 11.3 Å². The topological polar surface area (TPSA) is 55.9 Å². The first-order valence-corrected chi connectivity index (χ1v) is 7.51. The average Bonchev–Trinajstić information content (AvgIpc) is 2.90. The van der Waals surface area contributed by atoms with Crippen LogP contribution in [0.15, 0.2) is 22.2 Å². The summed E-state index contributed by atoms with van der Waals surface area (Å²) in [5.74, 6) is 6.67. The number of hydrogen-bond donors (Lipinski definition) is 2. The molecule has 2 rings (SSSR count). The quantitative estimate of drug-likeness (QED) is 0.655. The molecule has 4 nitrogen and oxygen atoms in total. The van der Waals surface area contributed by atoms with Gasteiger partial charge in [0.15, 0.2) is 0 Å². The average molecular weight is 329 g/mol. The zero-order valence-electron chi connectivity index (χ0n) is 10.5. The van der Waals surface area contributed by atoms with Crippen LogP contribution in [0.3, 0.4) is 0 Å². The molecule has 18 heavy (non-hydrogen) atoms. The first-order valence-electron chi connectivity index (χ1n) is 5.90. The molecular formula is C12H17BrN4S. The maximum atomic E-state index is 5.71. The number of thiophene rings is 1. The molecule has 6 heteroatoms. The van der Waals surface area contributed by atoms with Crippen molar-refractivity contribution in [3.8, 4) is 0 Å². The lowest BCUT2D eigenvalue weighted by atomic mass is 10.2. The lowest BCUT2D eigenvalue weighted by molar-refractivity contribution is 0.551. The van der Waals surface area contributed by atoms with E-state index in [-0.39, 0.29) is 6.04 Å². The fourth-order valence-electron chi connectivity index (χ4n) is 1.92. The number of hydrazine groups is 1. The van der Waals surface area contributed by atoms with Crippen LogP contribution in [0.25, 0.3) is 0 Å². The minimum Gasteiger partial charge on any atom is -0.333 e. The molecule has 0 aliphatic heterocycles. The Labute approximate surface area is 119 Å². The molecule has 0 spiro atoms. The second kappa shape index (κ2) is 5.97. The van der Waals surface area contributed by atoms with E-state index in [0.29, 0.717) is 0 Å². The number of nitrogens with two attached hydrogens (primary N) is 1. The standard InChI is InChI=1S/C12H17BrN4S/c1-3-5-17-6-4-15-12(17)10(16-14)9-7-8(2)11(13)18-9/h4,6-7,10,16H,3,5,14H2,1-2H3. The van der Waals surface area contributed by atoms with Gasteiger partial charge in [0.25, 0.3) is 0 Å². The molecule has 1 unspecified atom stereocenters. The van der Waals surface area contributed by atoms with Crippen molar-refractivity contribution in [2.45, 2.75) is 32.9 Å². The first-order chi connectivity index (χ1) is 8.67. The summed E-state index contributed by atoms with van der Waals surface area (Å²) < 4.78 is 3.29. The largest absolute Gasteiger partial charge is 0.333 e. The van der Waals surface area contributed by atoms with Crippen LogP contribution >= 0.6 is 27.3 Å². The van der Waals surface area contributed by atoms with E-state index in [0.717, 1.165) is 22.6 Å². The number of aryl methyl sites for hydroxylation is 2. The zero-order chi connectivity index (χ0) is 13.1. The van der Waals surface area contributed by atoms with E-state index in [1.165, 1.54) is 10.4 Å². The van der Waals surface area contributed by atoms with E-state index in [9.17, 15) is 0 Å². The Balaban J connectivity index is 2.35. The van der Waals surface area contributed by atoms with Crippen LogP contribution in [0.1, 0.15) is 35.7 Å². The lowest BCUT2D eigenvalue weighted by Crippen LogP contribution is -2.30. The highest BCUT2D eigenvalue weighted by atomic mass is 79.9. The summed E-state index contributed by atoms with van der Waals surface area (Å²) in [6.45, 7) is 5.19. The summed E-state index contributed by atoms with van der Waals surface area (Å²) in [7, 11) is 0. The predicted octanol–water partition coefficient (Wildman–Crippen LogP) is 2.98. The van der Waals surface area contributed by atoms with Gasteiger partial charge >= 0.3 is 0 Å². The maximum absolute atomic E-state index is 5.71. The van der Waals surface area contributed by atoms with Crippen molar-refractivity contribution < 1.29 is 0 Å². The van der Waals surface area contributed by atoms with Gasteiger partial charge in [0.2, 0.25) is 0 Å². The van der Waals surface area contributed by atoms with Gasteiger partial charge < -0.3 is 4.57 Å². The highest BCUT2D eigenvalue weighted by molar-refractivity contribution is 9.11. The van der Waals surface area contributed by atoms with Crippen molar-refractivity contribution in [2.75, 3.05) is 0 Å². The third-order valence-electron chi connectivity index (χ3n) is 2.80. The molecule has 0 bridgehead atoms. The van der Waals surface area contributed by atoms with E-state index < -0.39 is 0 Å². The molecule has 0 aromatic carbocycles. The Hall–Kier alpha value is -0.690. The molecule has 0 amide bonds. The highest BCUT2D eigenvalue weighted by Crippen LogP contribution is 2.33. The van der Waals surface area contributed by atoms with Crippen LogP contribution in [0.5, 0.6) is 0 Å². The summed E-state index contributed by atoms with van der Waals surface area (Å²) in [6, 6.07) is 2.09. The van der Waals surface area contributed by atoms with E-state index in [1.807, 2.05) is 12.4 Å². The third-order valence-corrected chi connectivity index (χ3v) is 5.00. The smallest absolute Gasteiger partial charge is 0.132 e. The van der Waals surface area contributed by atoms with Gasteiger partial charge in [-0.3, -0.25) is 5.84 Å². The van der Waals surface area contributed by atoms with Crippen LogP contribution in [0.4, 0.5) is 0 Å². The lowest BCUT2D eigenvalue weighted by Gasteiger charge is -2.15. The molecular weight excluding hydrogens is 312 g/mol. The molecule has 98 valence electrons. The Morgan fingerprint density at radius 3 is 2.94 bits per heavy atom. The second-order valence-electron chi connectivity index (χ2n) is 4.18. The monoisotopic (exact) mass is 328 g/mol. The Morgan fingerprint density at radius 2 is 2.39 bits per heavy atom. The first kappa shape index (κ1) is 13.7. The van der Waals surface area contributed by atoms with Gasteiger partial charge in [0.05, 0.1) is 3.79 Å². The molecule has 3 N–H and O–H groups in total. The van der Waals surface area contributed by atoms with Crippen molar-refractivity contribution in [1.29, 1.82) is 0 Å². The van der Waals surface area contributed by atoms with Crippen molar-refractivity contribution in [3.63, 3.8) is 0 Å². The number of nitrogens with zero attached hydrogens (tertiary/aromatic N) is 2. The van der Waals surface area contributed by atoms with Crippen molar-refractivity contribution in [3.05, 3.63) is 38.5 Å². The van der Waals surface area contributed by atoms with E-state index >= 15 is 0 Å². The fourth-order valence-corrected chi connectivity index (χ4v) is 3.55. The minimum absolute atomic E-state index is 0.0541. The highest BCUT2D eigenvalue weighted by Gasteiger charge is 2.20. The Bertz CT molecular complexity index is 500. The molecule has 0 saturated heterocycles.